The zero-order valence-electron chi connectivity index (χ0n) is 11.8. The Labute approximate surface area is 143 Å². The van der Waals surface area contributed by atoms with Crippen molar-refractivity contribution in [3.8, 4) is 0 Å². The van der Waals surface area contributed by atoms with E-state index in [-0.39, 0.29) is 17.3 Å². The molecule has 0 bridgehead atoms. The lowest BCUT2D eigenvalue weighted by Gasteiger charge is -2.01. The van der Waals surface area contributed by atoms with Gasteiger partial charge in [-0.1, -0.05) is 0 Å². The Morgan fingerprint density at radius 2 is 2.09 bits per heavy atom. The number of nitrogens with zero attached hydrogens (tertiary/aromatic N) is 2. The molecule has 1 aromatic carbocycles. The van der Waals surface area contributed by atoms with Crippen LogP contribution in [0.2, 0.25) is 0 Å². The quantitative estimate of drug-likeness (QED) is 0.247. The Morgan fingerprint density at radius 3 is 2.70 bits per heavy atom. The van der Waals surface area contributed by atoms with Crippen LogP contribution in [0.25, 0.3) is 6.08 Å². The van der Waals surface area contributed by atoms with E-state index in [4.69, 9.17) is 9.15 Å². The van der Waals surface area contributed by atoms with Crippen LogP contribution in [-0.4, -0.2) is 16.8 Å². The number of nitro groups is 1. The Kier molecular flexibility index (Phi) is 3.99. The summed E-state index contributed by atoms with van der Waals surface area (Å²) in [5.41, 5.74) is 1.07. The van der Waals surface area contributed by atoms with E-state index in [1.807, 2.05) is 22.6 Å². The van der Waals surface area contributed by atoms with Gasteiger partial charge >= 0.3 is 5.97 Å². The van der Waals surface area contributed by atoms with Gasteiger partial charge in [0.05, 0.1) is 4.92 Å². The number of hydrogen-bond acceptors (Lipinski definition) is 6. The summed E-state index contributed by atoms with van der Waals surface area (Å²) >= 11 is 2.01. The van der Waals surface area contributed by atoms with E-state index in [2.05, 4.69) is 4.99 Å². The number of rotatable bonds is 3. The van der Waals surface area contributed by atoms with Gasteiger partial charge in [0.1, 0.15) is 5.76 Å². The number of hydrogen-bond donors (Lipinski definition) is 0. The zero-order valence-corrected chi connectivity index (χ0v) is 13.9. The van der Waals surface area contributed by atoms with Crippen molar-refractivity contribution < 1.29 is 18.9 Å². The first-order valence-electron chi connectivity index (χ1n) is 6.47. The van der Waals surface area contributed by atoms with Gasteiger partial charge in [-0.2, -0.15) is 0 Å². The largest absolute Gasteiger partial charge is 0.451 e. The van der Waals surface area contributed by atoms with Gasteiger partial charge < -0.3 is 9.15 Å². The molecule has 0 spiro atoms. The third kappa shape index (κ3) is 3.16. The highest BCUT2D eigenvalue weighted by atomic mass is 127. The second-order valence-electron chi connectivity index (χ2n) is 4.74. The molecular formula is C15H9IN2O5. The lowest BCUT2D eigenvalue weighted by Crippen LogP contribution is -2.06. The Hall–Kier alpha value is -2.49. The van der Waals surface area contributed by atoms with Crippen molar-refractivity contribution in [2.75, 3.05) is 0 Å². The lowest BCUT2D eigenvalue weighted by molar-refractivity contribution is -0.385. The molecule has 7 nitrogen and oxygen atoms in total. The van der Waals surface area contributed by atoms with E-state index in [0.29, 0.717) is 20.7 Å². The SMILES string of the molecule is Cc1cc(C2=N/C(=C\c3ccc(I)o3)C(=O)O2)ccc1[N+](=O)[O-]. The summed E-state index contributed by atoms with van der Waals surface area (Å²) < 4.78 is 11.2. The summed E-state index contributed by atoms with van der Waals surface area (Å²) in [5.74, 6) is 0.00847. The number of carbonyl (C=O) groups excluding carboxylic acids is 1. The van der Waals surface area contributed by atoms with Crippen LogP contribution in [0.15, 0.2) is 45.4 Å². The van der Waals surface area contributed by atoms with Crippen LogP contribution in [0.5, 0.6) is 0 Å². The number of cyclic esters (lactones) is 1. The zero-order chi connectivity index (χ0) is 16.6. The highest BCUT2D eigenvalue weighted by Gasteiger charge is 2.25. The van der Waals surface area contributed by atoms with Crippen molar-refractivity contribution in [3.63, 3.8) is 0 Å². The van der Waals surface area contributed by atoms with Gasteiger partial charge in [-0.15, -0.1) is 0 Å². The highest BCUT2D eigenvalue weighted by molar-refractivity contribution is 14.1. The molecule has 0 fully saturated rings. The number of benzene rings is 1. The second-order valence-corrected chi connectivity index (χ2v) is 5.80. The van der Waals surface area contributed by atoms with E-state index >= 15 is 0 Å². The number of aliphatic imine (C=N–C) groups is 1. The molecule has 0 radical (unpaired) electrons. The van der Waals surface area contributed by atoms with E-state index in [1.54, 1.807) is 25.1 Å². The number of aryl methyl sites for hydroxylation is 1. The molecule has 0 N–H and O–H groups in total. The standard InChI is InChI=1S/C15H9IN2O5/c1-8-6-9(2-4-12(8)18(20)21)14-17-11(15(19)23-14)7-10-3-5-13(16)22-10/h2-7H,1H3/b11-7-. The van der Waals surface area contributed by atoms with Crippen LogP contribution in [0.4, 0.5) is 5.69 Å². The second kappa shape index (κ2) is 5.95. The monoisotopic (exact) mass is 424 g/mol. The average Bonchev–Trinajstić information content (AvgIpc) is 3.05. The summed E-state index contributed by atoms with van der Waals surface area (Å²) in [7, 11) is 0. The lowest BCUT2D eigenvalue weighted by atomic mass is 10.1. The topological polar surface area (TPSA) is 94.9 Å². The molecule has 0 aliphatic carbocycles. The van der Waals surface area contributed by atoms with Crippen molar-refractivity contribution in [3.05, 3.63) is 66.8 Å². The molecule has 3 rings (SSSR count). The molecule has 0 amide bonds. The van der Waals surface area contributed by atoms with Crippen LogP contribution in [-0.2, 0) is 9.53 Å². The van der Waals surface area contributed by atoms with Crippen molar-refractivity contribution >= 4 is 46.2 Å². The molecule has 116 valence electrons. The summed E-state index contributed by atoms with van der Waals surface area (Å²) in [6.07, 6.45) is 1.48. The molecule has 2 aromatic rings. The first-order chi connectivity index (χ1) is 10.9. The van der Waals surface area contributed by atoms with Gasteiger partial charge in [-0.25, -0.2) is 9.79 Å². The van der Waals surface area contributed by atoms with Crippen LogP contribution < -0.4 is 0 Å². The third-order valence-electron chi connectivity index (χ3n) is 3.13. The highest BCUT2D eigenvalue weighted by Crippen LogP contribution is 2.24. The van der Waals surface area contributed by atoms with Crippen molar-refractivity contribution in [2.24, 2.45) is 4.99 Å². The predicted molar refractivity (Wildman–Crippen MR) is 89.9 cm³/mol. The Morgan fingerprint density at radius 1 is 1.30 bits per heavy atom. The first-order valence-corrected chi connectivity index (χ1v) is 7.55. The molecule has 0 unspecified atom stereocenters. The maximum atomic E-state index is 11.9. The number of esters is 1. The fraction of sp³-hybridized carbons (Fsp3) is 0.0667. The van der Waals surface area contributed by atoms with Crippen LogP contribution in [0.3, 0.4) is 0 Å². The number of ether oxygens (including phenoxy) is 1. The molecule has 0 saturated heterocycles. The van der Waals surface area contributed by atoms with Crippen molar-refractivity contribution in [1.29, 1.82) is 0 Å². The molecule has 8 heteroatoms. The summed E-state index contributed by atoms with van der Waals surface area (Å²) in [4.78, 5) is 26.4. The van der Waals surface area contributed by atoms with Gasteiger partial charge in [0.15, 0.2) is 9.46 Å². The molecule has 0 saturated carbocycles. The Balaban J connectivity index is 1.94. The van der Waals surface area contributed by atoms with E-state index in [1.165, 1.54) is 18.2 Å². The molecule has 2 heterocycles. The minimum absolute atomic E-state index is 0.000371. The molecule has 1 aromatic heterocycles. The first kappa shape index (κ1) is 15.4. The smallest absolute Gasteiger partial charge is 0.363 e. The van der Waals surface area contributed by atoms with Crippen LogP contribution in [0, 0.1) is 20.8 Å². The molecule has 1 aliphatic rings. The van der Waals surface area contributed by atoms with Gasteiger partial charge in [-0.05, 0) is 53.8 Å². The maximum Gasteiger partial charge on any atom is 0.363 e. The average molecular weight is 424 g/mol. The van der Waals surface area contributed by atoms with Gasteiger partial charge in [-0.3, -0.25) is 10.1 Å². The fourth-order valence-electron chi connectivity index (χ4n) is 2.07. The molecular weight excluding hydrogens is 415 g/mol. The molecule has 1 aliphatic heterocycles. The minimum atomic E-state index is -0.595. The number of carbonyl (C=O) groups is 1. The van der Waals surface area contributed by atoms with Crippen LogP contribution in [0.1, 0.15) is 16.9 Å². The van der Waals surface area contributed by atoms with Gasteiger partial charge in [0, 0.05) is 23.3 Å². The molecule has 0 atom stereocenters. The predicted octanol–water partition coefficient (Wildman–Crippen LogP) is 3.45. The molecule has 23 heavy (non-hydrogen) atoms. The van der Waals surface area contributed by atoms with E-state index < -0.39 is 10.9 Å². The van der Waals surface area contributed by atoms with E-state index in [0.717, 1.165) is 0 Å². The number of furan rings is 1. The van der Waals surface area contributed by atoms with Gasteiger partial charge in [0.25, 0.3) is 5.69 Å². The maximum absolute atomic E-state index is 11.9. The third-order valence-corrected chi connectivity index (χ3v) is 3.71. The van der Waals surface area contributed by atoms with E-state index in [9.17, 15) is 14.9 Å². The fourth-order valence-corrected chi connectivity index (χ4v) is 2.50. The van der Waals surface area contributed by atoms with Crippen molar-refractivity contribution in [1.82, 2.24) is 0 Å². The number of halogens is 1. The normalized spacial score (nSPS) is 15.7. The van der Waals surface area contributed by atoms with Gasteiger partial charge in [0.2, 0.25) is 5.90 Å². The summed E-state index contributed by atoms with van der Waals surface area (Å²) in [6.45, 7) is 1.61. The summed E-state index contributed by atoms with van der Waals surface area (Å²) in [6, 6.07) is 7.89. The Bertz CT molecular complexity index is 882. The van der Waals surface area contributed by atoms with Crippen LogP contribution >= 0.6 is 22.6 Å². The number of nitro benzene ring substituents is 1. The summed E-state index contributed by atoms with van der Waals surface area (Å²) in [5, 5.41) is 10.8. The minimum Gasteiger partial charge on any atom is -0.451 e. The van der Waals surface area contributed by atoms with Crippen molar-refractivity contribution in [2.45, 2.75) is 6.92 Å².